The van der Waals surface area contributed by atoms with Crippen molar-refractivity contribution >= 4 is 17.3 Å². The number of Topliss-reactive ketones (excluding diaryl/α,β-unsaturated/α-hetero) is 1. The van der Waals surface area contributed by atoms with E-state index in [1.165, 1.54) is 6.08 Å². The Morgan fingerprint density at radius 1 is 1.09 bits per heavy atom. The van der Waals surface area contributed by atoms with E-state index < -0.39 is 0 Å². The number of benzene rings is 2. The van der Waals surface area contributed by atoms with Crippen LogP contribution in [0.3, 0.4) is 0 Å². The monoisotopic (exact) mass is 288 g/mol. The van der Waals surface area contributed by atoms with Gasteiger partial charge in [0.15, 0.2) is 5.78 Å². The third kappa shape index (κ3) is 2.65. The van der Waals surface area contributed by atoms with Crippen LogP contribution in [0.5, 0.6) is 0 Å². The van der Waals surface area contributed by atoms with Gasteiger partial charge >= 0.3 is 0 Å². The Balaban J connectivity index is 1.95. The number of nitrogens with zero attached hydrogens (tertiary/aromatic N) is 1. The molecule has 4 heteroatoms. The van der Waals surface area contributed by atoms with Crippen LogP contribution in [0.15, 0.2) is 60.3 Å². The minimum atomic E-state index is -0.269. The molecule has 0 saturated heterocycles. The molecule has 0 aromatic heterocycles. The number of hydrogen-bond donors (Lipinski definition) is 1. The average Bonchev–Trinajstić information content (AvgIpc) is 2.72. The summed E-state index contributed by atoms with van der Waals surface area (Å²) in [6.07, 6.45) is 1.62. The first-order valence-corrected chi connectivity index (χ1v) is 6.82. The predicted molar refractivity (Wildman–Crippen MR) is 82.3 cm³/mol. The van der Waals surface area contributed by atoms with E-state index in [4.69, 9.17) is 5.26 Å². The quantitative estimate of drug-likeness (QED) is 0.863. The molecule has 0 fully saturated rings. The highest BCUT2D eigenvalue weighted by Gasteiger charge is 2.19. The standard InChI is InChI=1S/C18H12N2O2/c19-11-12-5-7-13(8-6-12)18(22)17-10-15(21)9-14-3-1-2-4-16(14)20-17/h1-8,10,20H,9H2. The molecule has 106 valence electrons. The smallest absolute Gasteiger partial charge is 0.209 e. The summed E-state index contributed by atoms with van der Waals surface area (Å²) in [7, 11) is 0. The summed E-state index contributed by atoms with van der Waals surface area (Å²) in [6.45, 7) is 0. The van der Waals surface area contributed by atoms with Crippen molar-refractivity contribution in [2.75, 3.05) is 5.32 Å². The molecule has 4 nitrogen and oxygen atoms in total. The van der Waals surface area contributed by atoms with Gasteiger partial charge in [0, 0.05) is 23.7 Å². The Morgan fingerprint density at radius 2 is 1.82 bits per heavy atom. The molecule has 0 atom stereocenters. The number of para-hydroxylation sites is 1. The predicted octanol–water partition coefficient (Wildman–Crippen LogP) is 2.86. The molecular formula is C18H12N2O2. The molecule has 2 aromatic rings. The highest BCUT2D eigenvalue weighted by molar-refractivity contribution is 6.14. The number of nitrogens with one attached hydrogen (secondary N) is 1. The van der Waals surface area contributed by atoms with E-state index in [0.717, 1.165) is 11.3 Å². The first-order valence-electron chi connectivity index (χ1n) is 6.82. The molecule has 1 aliphatic rings. The Hall–Kier alpha value is -3.19. The van der Waals surface area contributed by atoms with Crippen molar-refractivity contribution in [3.05, 3.63) is 77.0 Å². The van der Waals surface area contributed by atoms with Crippen LogP contribution in [0.4, 0.5) is 5.69 Å². The van der Waals surface area contributed by atoms with Crippen molar-refractivity contribution in [2.45, 2.75) is 6.42 Å². The summed E-state index contributed by atoms with van der Waals surface area (Å²) in [6, 6.07) is 15.8. The zero-order chi connectivity index (χ0) is 15.5. The maximum atomic E-state index is 12.5. The minimum absolute atomic E-state index is 0.116. The Morgan fingerprint density at radius 3 is 2.55 bits per heavy atom. The van der Waals surface area contributed by atoms with Gasteiger partial charge in [0.1, 0.15) is 0 Å². The number of hydrogen-bond acceptors (Lipinski definition) is 4. The number of carbonyl (C=O) groups is 2. The van der Waals surface area contributed by atoms with Gasteiger partial charge in [0.05, 0.1) is 17.3 Å². The first kappa shape index (κ1) is 13.8. The fourth-order valence-electron chi connectivity index (χ4n) is 2.35. The van der Waals surface area contributed by atoms with Crippen molar-refractivity contribution in [3.63, 3.8) is 0 Å². The lowest BCUT2D eigenvalue weighted by Gasteiger charge is -2.10. The normalized spacial score (nSPS) is 13.2. The zero-order valence-electron chi connectivity index (χ0n) is 11.7. The lowest BCUT2D eigenvalue weighted by atomic mass is 10.1. The van der Waals surface area contributed by atoms with Crippen LogP contribution in [0, 0.1) is 11.3 Å². The van der Waals surface area contributed by atoms with Gasteiger partial charge in [0.25, 0.3) is 0 Å². The molecule has 3 rings (SSSR count). The molecule has 22 heavy (non-hydrogen) atoms. The van der Waals surface area contributed by atoms with Crippen molar-refractivity contribution in [2.24, 2.45) is 0 Å². The summed E-state index contributed by atoms with van der Waals surface area (Å²) < 4.78 is 0. The summed E-state index contributed by atoms with van der Waals surface area (Å²) in [5, 5.41) is 11.8. The first-order chi connectivity index (χ1) is 10.7. The summed E-state index contributed by atoms with van der Waals surface area (Å²) >= 11 is 0. The molecular weight excluding hydrogens is 276 g/mol. The molecule has 1 heterocycles. The fourth-order valence-corrected chi connectivity index (χ4v) is 2.35. The van der Waals surface area contributed by atoms with Crippen LogP contribution < -0.4 is 5.32 Å². The molecule has 0 aliphatic carbocycles. The van der Waals surface area contributed by atoms with E-state index >= 15 is 0 Å². The van der Waals surface area contributed by atoms with Crippen LogP contribution in [0.2, 0.25) is 0 Å². The maximum absolute atomic E-state index is 12.5. The Kier molecular flexibility index (Phi) is 3.55. The molecule has 0 amide bonds. The van der Waals surface area contributed by atoms with Crippen LogP contribution >= 0.6 is 0 Å². The molecule has 1 aliphatic heterocycles. The van der Waals surface area contributed by atoms with Gasteiger partial charge in [-0.2, -0.15) is 5.26 Å². The van der Waals surface area contributed by atoms with Crippen molar-refractivity contribution < 1.29 is 9.59 Å². The van der Waals surface area contributed by atoms with Crippen molar-refractivity contribution in [1.29, 1.82) is 5.26 Å². The SMILES string of the molecule is N#Cc1ccc(C(=O)C2=CC(=O)Cc3ccccc3N2)cc1. The largest absolute Gasteiger partial charge is 0.352 e. The van der Waals surface area contributed by atoms with Crippen LogP contribution in [0.25, 0.3) is 0 Å². The van der Waals surface area contributed by atoms with E-state index in [0.29, 0.717) is 11.1 Å². The van der Waals surface area contributed by atoms with E-state index in [1.54, 1.807) is 24.3 Å². The van der Waals surface area contributed by atoms with Gasteiger partial charge in [-0.3, -0.25) is 9.59 Å². The lowest BCUT2D eigenvalue weighted by molar-refractivity contribution is -0.114. The maximum Gasteiger partial charge on any atom is 0.209 e. The second kappa shape index (κ2) is 5.66. The van der Waals surface area contributed by atoms with Gasteiger partial charge in [-0.15, -0.1) is 0 Å². The van der Waals surface area contributed by atoms with Gasteiger partial charge in [-0.25, -0.2) is 0 Å². The number of nitriles is 1. The molecule has 2 aromatic carbocycles. The van der Waals surface area contributed by atoms with Gasteiger partial charge in [-0.1, -0.05) is 18.2 Å². The number of rotatable bonds is 2. The molecule has 0 spiro atoms. The third-order valence-corrected chi connectivity index (χ3v) is 3.48. The Labute approximate surface area is 127 Å². The Bertz CT molecular complexity index is 827. The molecule has 0 radical (unpaired) electrons. The van der Waals surface area contributed by atoms with Crippen molar-refractivity contribution in [3.8, 4) is 6.07 Å². The average molecular weight is 288 g/mol. The highest BCUT2D eigenvalue weighted by Crippen LogP contribution is 2.23. The van der Waals surface area contributed by atoms with E-state index in [9.17, 15) is 9.59 Å². The van der Waals surface area contributed by atoms with E-state index in [2.05, 4.69) is 5.32 Å². The van der Waals surface area contributed by atoms with E-state index in [1.807, 2.05) is 30.3 Å². The third-order valence-electron chi connectivity index (χ3n) is 3.48. The van der Waals surface area contributed by atoms with E-state index in [-0.39, 0.29) is 23.7 Å². The van der Waals surface area contributed by atoms with Gasteiger partial charge in [0.2, 0.25) is 5.78 Å². The summed E-state index contributed by atoms with van der Waals surface area (Å²) in [5.74, 6) is -0.385. The zero-order valence-corrected chi connectivity index (χ0v) is 11.7. The molecule has 0 unspecified atom stereocenters. The second-order valence-corrected chi connectivity index (χ2v) is 5.00. The number of fused-ring (bicyclic) bond motifs is 1. The fraction of sp³-hybridized carbons (Fsp3) is 0.0556. The van der Waals surface area contributed by atoms with Crippen LogP contribution in [-0.4, -0.2) is 11.6 Å². The molecule has 0 saturated carbocycles. The van der Waals surface area contributed by atoms with Gasteiger partial charge < -0.3 is 5.32 Å². The number of anilines is 1. The number of ketones is 2. The molecule has 0 bridgehead atoms. The second-order valence-electron chi connectivity index (χ2n) is 5.00. The summed E-state index contributed by atoms with van der Waals surface area (Å²) in [5.41, 5.74) is 2.80. The van der Waals surface area contributed by atoms with Crippen molar-refractivity contribution in [1.82, 2.24) is 0 Å². The number of allylic oxidation sites excluding steroid dienone is 2. The van der Waals surface area contributed by atoms with Gasteiger partial charge in [-0.05, 0) is 35.9 Å². The number of carbonyl (C=O) groups excluding carboxylic acids is 2. The molecule has 1 N–H and O–H groups in total. The lowest BCUT2D eigenvalue weighted by Crippen LogP contribution is -2.12. The topological polar surface area (TPSA) is 70.0 Å². The van der Waals surface area contributed by atoms with Crippen LogP contribution in [0.1, 0.15) is 21.5 Å². The summed E-state index contributed by atoms with van der Waals surface area (Å²) in [4.78, 5) is 24.5. The minimum Gasteiger partial charge on any atom is -0.352 e. The van der Waals surface area contributed by atoms with Crippen LogP contribution in [-0.2, 0) is 11.2 Å². The highest BCUT2D eigenvalue weighted by atomic mass is 16.1.